The minimum atomic E-state index is -3.56. The molecule has 1 saturated heterocycles. The maximum absolute atomic E-state index is 13.0. The maximum atomic E-state index is 13.0. The first kappa shape index (κ1) is 17.0. The Labute approximate surface area is 152 Å². The Bertz CT molecular complexity index is 1040. The molecule has 0 atom stereocenters. The largest absolute Gasteiger partial charge is 0.495 e. The number of nitrogens with zero attached hydrogens (tertiary/aromatic N) is 4. The second kappa shape index (κ2) is 6.69. The number of piperidine rings is 1. The number of methoxy groups -OCH3 is 1. The second-order valence-corrected chi connectivity index (χ2v) is 8.20. The highest BCUT2D eigenvalue weighted by Crippen LogP contribution is 2.32. The zero-order valence-corrected chi connectivity index (χ0v) is 15.3. The molecule has 0 saturated carbocycles. The Morgan fingerprint density at radius 3 is 2.65 bits per heavy atom. The van der Waals surface area contributed by atoms with Gasteiger partial charge in [-0.05, 0) is 25.0 Å². The van der Waals surface area contributed by atoms with Gasteiger partial charge in [-0.2, -0.15) is 4.31 Å². The molecule has 3 heterocycles. The molecule has 1 aromatic carbocycles. The van der Waals surface area contributed by atoms with E-state index in [-0.39, 0.29) is 4.90 Å². The smallest absolute Gasteiger partial charge is 0.246 e. The monoisotopic (exact) mass is 372 g/mol. The molecule has 1 aliphatic heterocycles. The van der Waals surface area contributed by atoms with Gasteiger partial charge in [0.15, 0.2) is 0 Å². The first-order valence-corrected chi connectivity index (χ1v) is 10.0. The van der Waals surface area contributed by atoms with Gasteiger partial charge in [0.25, 0.3) is 0 Å². The molecule has 4 rings (SSSR count). The maximum Gasteiger partial charge on any atom is 0.246 e. The molecule has 0 spiro atoms. The minimum absolute atomic E-state index is 0.201. The topological polar surface area (TPSA) is 76.8 Å². The van der Waals surface area contributed by atoms with Crippen LogP contribution in [0.25, 0.3) is 16.9 Å². The summed E-state index contributed by atoms with van der Waals surface area (Å²) in [6.45, 7) is 1.12. The number of sulfonamides is 1. The fourth-order valence-electron chi connectivity index (χ4n) is 3.26. The number of rotatable bonds is 4. The predicted molar refractivity (Wildman–Crippen MR) is 97.6 cm³/mol. The summed E-state index contributed by atoms with van der Waals surface area (Å²) in [5, 5.41) is 0. The first-order valence-electron chi connectivity index (χ1n) is 8.57. The van der Waals surface area contributed by atoms with E-state index in [9.17, 15) is 8.42 Å². The number of aromatic nitrogens is 3. The Morgan fingerprint density at radius 1 is 1.08 bits per heavy atom. The predicted octanol–water partition coefficient (Wildman–Crippen LogP) is 2.58. The van der Waals surface area contributed by atoms with E-state index >= 15 is 0 Å². The van der Waals surface area contributed by atoms with Gasteiger partial charge in [0.1, 0.15) is 22.6 Å². The summed E-state index contributed by atoms with van der Waals surface area (Å²) in [6.07, 6.45) is 8.07. The SMILES string of the molecule is COc1cc(-c2cc3nccn3cn2)ccc1S(=O)(=O)N1CCCCC1. The van der Waals surface area contributed by atoms with Crippen LogP contribution in [0.15, 0.2) is 47.9 Å². The average Bonchev–Trinajstić information content (AvgIpc) is 3.16. The standard InChI is InChI=1S/C18H20N4O3S/c1-25-16-11-14(15-12-18-19-7-10-21(18)13-20-15)5-6-17(16)26(23,24)22-8-3-2-4-9-22/h5-7,10-13H,2-4,8-9H2,1H3. The van der Waals surface area contributed by atoms with Crippen LogP contribution >= 0.6 is 0 Å². The van der Waals surface area contributed by atoms with Crippen molar-refractivity contribution in [2.75, 3.05) is 20.2 Å². The van der Waals surface area contributed by atoms with Crippen molar-refractivity contribution in [3.05, 3.63) is 43.0 Å². The normalized spacial score (nSPS) is 16.0. The minimum Gasteiger partial charge on any atom is -0.495 e. The van der Waals surface area contributed by atoms with Gasteiger partial charge in [-0.3, -0.25) is 4.40 Å². The van der Waals surface area contributed by atoms with Crippen molar-refractivity contribution in [3.63, 3.8) is 0 Å². The van der Waals surface area contributed by atoms with E-state index in [0.29, 0.717) is 24.5 Å². The third-order valence-corrected chi connectivity index (χ3v) is 6.62. The van der Waals surface area contributed by atoms with Crippen LogP contribution in [-0.4, -0.2) is 47.3 Å². The van der Waals surface area contributed by atoms with E-state index in [2.05, 4.69) is 9.97 Å². The van der Waals surface area contributed by atoms with Gasteiger partial charge in [0.2, 0.25) is 10.0 Å². The molecule has 0 amide bonds. The van der Waals surface area contributed by atoms with Gasteiger partial charge in [0, 0.05) is 37.1 Å². The second-order valence-electron chi connectivity index (χ2n) is 6.30. The van der Waals surface area contributed by atoms with Crippen molar-refractivity contribution < 1.29 is 13.2 Å². The van der Waals surface area contributed by atoms with Crippen molar-refractivity contribution >= 4 is 15.7 Å². The van der Waals surface area contributed by atoms with Gasteiger partial charge < -0.3 is 4.74 Å². The zero-order chi connectivity index (χ0) is 18.1. The lowest BCUT2D eigenvalue weighted by atomic mass is 10.1. The third-order valence-electron chi connectivity index (χ3n) is 4.68. The Morgan fingerprint density at radius 2 is 1.88 bits per heavy atom. The Hall–Kier alpha value is -2.45. The Kier molecular flexibility index (Phi) is 4.37. The highest BCUT2D eigenvalue weighted by atomic mass is 32.2. The molecule has 0 unspecified atom stereocenters. The molecule has 2 aromatic heterocycles. The van der Waals surface area contributed by atoms with E-state index in [1.807, 2.05) is 16.7 Å². The molecule has 136 valence electrons. The van der Waals surface area contributed by atoms with Crippen LogP contribution in [0.3, 0.4) is 0 Å². The van der Waals surface area contributed by atoms with Crippen molar-refractivity contribution in [2.24, 2.45) is 0 Å². The summed E-state index contributed by atoms with van der Waals surface area (Å²) in [6, 6.07) is 6.95. The first-order chi connectivity index (χ1) is 12.6. The quantitative estimate of drug-likeness (QED) is 0.703. The molecule has 1 fully saturated rings. The fourth-order valence-corrected chi connectivity index (χ4v) is 4.91. The van der Waals surface area contributed by atoms with Gasteiger partial charge in [-0.25, -0.2) is 18.4 Å². The van der Waals surface area contributed by atoms with E-state index in [0.717, 1.165) is 30.5 Å². The lowest BCUT2D eigenvalue weighted by Crippen LogP contribution is -2.35. The molecule has 0 aliphatic carbocycles. The third kappa shape index (κ3) is 2.95. The summed E-state index contributed by atoms with van der Waals surface area (Å²) in [5.74, 6) is 0.332. The van der Waals surface area contributed by atoms with Crippen LogP contribution in [0.4, 0.5) is 0 Å². The molecule has 26 heavy (non-hydrogen) atoms. The number of imidazole rings is 1. The fraction of sp³-hybridized carbons (Fsp3) is 0.333. The highest BCUT2D eigenvalue weighted by molar-refractivity contribution is 7.89. The molecule has 1 aliphatic rings. The van der Waals surface area contributed by atoms with Gasteiger partial charge >= 0.3 is 0 Å². The Balaban J connectivity index is 1.74. The van der Waals surface area contributed by atoms with Crippen molar-refractivity contribution in [3.8, 4) is 17.0 Å². The zero-order valence-electron chi connectivity index (χ0n) is 14.5. The van der Waals surface area contributed by atoms with E-state index in [4.69, 9.17) is 4.74 Å². The summed E-state index contributed by atoms with van der Waals surface area (Å²) in [5.41, 5.74) is 2.27. The lowest BCUT2D eigenvalue weighted by molar-refractivity contribution is 0.343. The van der Waals surface area contributed by atoms with Crippen LogP contribution in [-0.2, 0) is 10.0 Å². The molecule has 0 bridgehead atoms. The van der Waals surface area contributed by atoms with E-state index in [1.165, 1.54) is 7.11 Å². The van der Waals surface area contributed by atoms with Crippen LogP contribution in [0, 0.1) is 0 Å². The summed E-state index contributed by atoms with van der Waals surface area (Å²) in [4.78, 5) is 8.87. The number of hydrogen-bond acceptors (Lipinski definition) is 5. The molecule has 7 nitrogen and oxygen atoms in total. The highest BCUT2D eigenvalue weighted by Gasteiger charge is 2.29. The van der Waals surface area contributed by atoms with Gasteiger partial charge in [-0.15, -0.1) is 0 Å². The van der Waals surface area contributed by atoms with Crippen molar-refractivity contribution in [2.45, 2.75) is 24.2 Å². The lowest BCUT2D eigenvalue weighted by Gasteiger charge is -2.26. The summed E-state index contributed by atoms with van der Waals surface area (Å²) in [7, 11) is -2.07. The van der Waals surface area contributed by atoms with E-state index in [1.54, 1.807) is 35.0 Å². The van der Waals surface area contributed by atoms with Gasteiger partial charge in [-0.1, -0.05) is 12.5 Å². The molecule has 8 heteroatoms. The molecule has 0 radical (unpaired) electrons. The number of hydrogen-bond donors (Lipinski definition) is 0. The van der Waals surface area contributed by atoms with Crippen LogP contribution in [0.5, 0.6) is 5.75 Å². The van der Waals surface area contributed by atoms with E-state index < -0.39 is 10.0 Å². The van der Waals surface area contributed by atoms with Crippen LogP contribution < -0.4 is 4.74 Å². The van der Waals surface area contributed by atoms with Crippen molar-refractivity contribution in [1.82, 2.24) is 18.7 Å². The number of fused-ring (bicyclic) bond motifs is 1. The number of ether oxygens (including phenoxy) is 1. The summed E-state index contributed by atoms with van der Waals surface area (Å²) < 4.78 is 34.7. The molecular weight excluding hydrogens is 352 g/mol. The van der Waals surface area contributed by atoms with Crippen LogP contribution in [0.2, 0.25) is 0 Å². The molecular formula is C18H20N4O3S. The number of benzene rings is 1. The molecule has 3 aromatic rings. The van der Waals surface area contributed by atoms with Gasteiger partial charge in [0.05, 0.1) is 12.8 Å². The average molecular weight is 372 g/mol. The van der Waals surface area contributed by atoms with Crippen molar-refractivity contribution in [1.29, 1.82) is 0 Å². The summed E-state index contributed by atoms with van der Waals surface area (Å²) >= 11 is 0. The van der Waals surface area contributed by atoms with Crippen LogP contribution in [0.1, 0.15) is 19.3 Å². The molecule has 0 N–H and O–H groups in total.